The normalized spacial score (nSPS) is 19.6. The van der Waals surface area contributed by atoms with Crippen molar-refractivity contribution in [2.45, 2.75) is 39.2 Å². The van der Waals surface area contributed by atoms with E-state index in [2.05, 4.69) is 10.3 Å². The predicted octanol–water partition coefficient (Wildman–Crippen LogP) is 1.53. The molecule has 1 unspecified atom stereocenters. The minimum Gasteiger partial charge on any atom is -0.309 e. The first kappa shape index (κ1) is 15.9. The summed E-state index contributed by atoms with van der Waals surface area (Å²) in [6.45, 7) is 4.14. The van der Waals surface area contributed by atoms with Crippen LogP contribution in [-0.2, 0) is 14.8 Å². The third-order valence-electron chi connectivity index (χ3n) is 3.49. The van der Waals surface area contributed by atoms with Crippen LogP contribution in [0.25, 0.3) is 0 Å². The van der Waals surface area contributed by atoms with Crippen LogP contribution in [0.1, 0.15) is 31.7 Å². The maximum atomic E-state index is 12.3. The van der Waals surface area contributed by atoms with Gasteiger partial charge >= 0.3 is 0 Å². The van der Waals surface area contributed by atoms with Crippen LogP contribution in [0, 0.1) is 6.92 Å². The largest absolute Gasteiger partial charge is 0.309 e. The maximum Gasteiger partial charge on any atom is 0.243 e. The molecule has 2 rings (SSSR count). The molecule has 2 heterocycles. The second-order valence-corrected chi connectivity index (χ2v) is 7.33. The Hall–Kier alpha value is -1.47. The fraction of sp³-hybridized carbons (Fsp3) is 0.571. The van der Waals surface area contributed by atoms with E-state index in [1.807, 2.05) is 19.9 Å². The van der Waals surface area contributed by atoms with E-state index in [0.717, 1.165) is 5.56 Å². The Morgan fingerprint density at radius 1 is 1.52 bits per heavy atom. The Balaban J connectivity index is 2.11. The molecule has 6 nitrogen and oxygen atoms in total. The summed E-state index contributed by atoms with van der Waals surface area (Å²) in [7, 11) is -3.35. The molecule has 0 radical (unpaired) electrons. The number of carbonyl (C=O) groups excluding carboxylic acids is 1. The quantitative estimate of drug-likeness (QED) is 0.894. The highest BCUT2D eigenvalue weighted by Crippen LogP contribution is 2.23. The smallest absolute Gasteiger partial charge is 0.243 e. The molecule has 1 aromatic rings. The molecule has 1 aliphatic rings. The third kappa shape index (κ3) is 3.79. The lowest BCUT2D eigenvalue weighted by atomic mass is 10.2. The first-order chi connectivity index (χ1) is 9.94. The van der Waals surface area contributed by atoms with E-state index < -0.39 is 16.1 Å². The van der Waals surface area contributed by atoms with Crippen LogP contribution in [0.3, 0.4) is 0 Å². The van der Waals surface area contributed by atoms with Crippen molar-refractivity contribution in [3.63, 3.8) is 0 Å². The summed E-state index contributed by atoms with van der Waals surface area (Å²) >= 11 is 0. The van der Waals surface area contributed by atoms with Gasteiger partial charge in [0.1, 0.15) is 11.9 Å². The molecule has 1 atom stereocenters. The maximum absolute atomic E-state index is 12.3. The summed E-state index contributed by atoms with van der Waals surface area (Å²) < 4.78 is 25.7. The first-order valence-corrected chi connectivity index (χ1v) is 8.78. The molecule has 21 heavy (non-hydrogen) atoms. The molecule has 1 aromatic heterocycles. The summed E-state index contributed by atoms with van der Waals surface area (Å²) in [4.78, 5) is 16.4. The van der Waals surface area contributed by atoms with Crippen LogP contribution < -0.4 is 5.32 Å². The SMILES string of the molecule is CCCS(=O)(=O)N1CCCC1C(=O)Nc1cc(C)ccn1. The van der Waals surface area contributed by atoms with E-state index in [-0.39, 0.29) is 11.7 Å². The first-order valence-electron chi connectivity index (χ1n) is 7.17. The van der Waals surface area contributed by atoms with Gasteiger partial charge in [-0.15, -0.1) is 0 Å². The van der Waals surface area contributed by atoms with Crippen LogP contribution in [0.2, 0.25) is 0 Å². The van der Waals surface area contributed by atoms with Crippen molar-refractivity contribution in [3.8, 4) is 0 Å². The average molecular weight is 311 g/mol. The van der Waals surface area contributed by atoms with Gasteiger partial charge in [0, 0.05) is 12.7 Å². The monoisotopic (exact) mass is 311 g/mol. The summed E-state index contributed by atoms with van der Waals surface area (Å²) in [6, 6.07) is 2.98. The molecule has 1 saturated heterocycles. The highest BCUT2D eigenvalue weighted by molar-refractivity contribution is 7.89. The molecule has 1 fully saturated rings. The molecular weight excluding hydrogens is 290 g/mol. The number of amides is 1. The molecular formula is C14H21N3O3S. The van der Waals surface area contributed by atoms with E-state index in [1.54, 1.807) is 12.3 Å². The molecule has 0 saturated carbocycles. The number of anilines is 1. The number of nitrogens with one attached hydrogen (secondary N) is 1. The average Bonchev–Trinajstić information content (AvgIpc) is 2.88. The van der Waals surface area contributed by atoms with E-state index in [0.29, 0.717) is 31.6 Å². The molecule has 0 bridgehead atoms. The second kappa shape index (κ2) is 6.53. The summed E-state index contributed by atoms with van der Waals surface area (Å²) in [5.41, 5.74) is 0.988. The van der Waals surface area contributed by atoms with Crippen molar-refractivity contribution >= 4 is 21.7 Å². The summed E-state index contributed by atoms with van der Waals surface area (Å²) in [5.74, 6) is 0.240. The van der Waals surface area contributed by atoms with Gasteiger partial charge in [-0.05, 0) is 43.9 Å². The number of hydrogen-bond acceptors (Lipinski definition) is 4. The van der Waals surface area contributed by atoms with Crippen molar-refractivity contribution < 1.29 is 13.2 Å². The Kier molecular flexibility index (Phi) is 4.95. The van der Waals surface area contributed by atoms with Crippen molar-refractivity contribution in [1.29, 1.82) is 0 Å². The van der Waals surface area contributed by atoms with Crippen molar-refractivity contribution in [1.82, 2.24) is 9.29 Å². The summed E-state index contributed by atoms with van der Waals surface area (Å²) in [6.07, 6.45) is 3.43. The third-order valence-corrected chi connectivity index (χ3v) is 5.57. The van der Waals surface area contributed by atoms with Crippen LogP contribution in [-0.4, -0.2) is 42.0 Å². The van der Waals surface area contributed by atoms with Crippen molar-refractivity contribution in [3.05, 3.63) is 23.9 Å². The number of sulfonamides is 1. The molecule has 7 heteroatoms. The fourth-order valence-electron chi connectivity index (χ4n) is 2.52. The van der Waals surface area contributed by atoms with Gasteiger partial charge in [0.15, 0.2) is 0 Å². The van der Waals surface area contributed by atoms with Gasteiger partial charge in [-0.2, -0.15) is 4.31 Å². The lowest BCUT2D eigenvalue weighted by Gasteiger charge is -2.23. The van der Waals surface area contributed by atoms with Crippen molar-refractivity contribution in [2.24, 2.45) is 0 Å². The van der Waals surface area contributed by atoms with Crippen molar-refractivity contribution in [2.75, 3.05) is 17.6 Å². The number of hydrogen-bond donors (Lipinski definition) is 1. The van der Waals surface area contributed by atoms with Crippen LogP contribution in [0.4, 0.5) is 5.82 Å². The van der Waals surface area contributed by atoms with Crippen LogP contribution >= 0.6 is 0 Å². The van der Waals surface area contributed by atoms with E-state index in [9.17, 15) is 13.2 Å². The van der Waals surface area contributed by atoms with Gasteiger partial charge in [-0.3, -0.25) is 4.79 Å². The lowest BCUT2D eigenvalue weighted by Crippen LogP contribution is -2.44. The standard InChI is InChI=1S/C14H21N3O3S/c1-3-9-21(19,20)17-8-4-5-12(17)14(18)16-13-10-11(2)6-7-15-13/h6-7,10,12H,3-5,8-9H2,1-2H3,(H,15,16,18). The number of carbonyl (C=O) groups is 1. The van der Waals surface area contributed by atoms with E-state index in [4.69, 9.17) is 0 Å². The summed E-state index contributed by atoms with van der Waals surface area (Å²) in [5, 5.41) is 2.71. The number of nitrogens with zero attached hydrogens (tertiary/aromatic N) is 2. The van der Waals surface area contributed by atoms with Gasteiger partial charge in [0.2, 0.25) is 15.9 Å². The molecule has 1 N–H and O–H groups in total. The Labute approximate surface area is 125 Å². The minimum absolute atomic E-state index is 0.0828. The van der Waals surface area contributed by atoms with E-state index >= 15 is 0 Å². The van der Waals surface area contributed by atoms with Gasteiger partial charge in [0.25, 0.3) is 0 Å². The Bertz CT molecular complexity index is 616. The number of aryl methyl sites for hydroxylation is 1. The minimum atomic E-state index is -3.35. The highest BCUT2D eigenvalue weighted by Gasteiger charge is 2.38. The molecule has 1 aliphatic heterocycles. The Morgan fingerprint density at radius 3 is 2.95 bits per heavy atom. The van der Waals surface area contributed by atoms with E-state index in [1.165, 1.54) is 4.31 Å². The van der Waals surface area contributed by atoms with Gasteiger partial charge in [-0.1, -0.05) is 6.92 Å². The van der Waals surface area contributed by atoms with Gasteiger partial charge in [0.05, 0.1) is 5.75 Å². The highest BCUT2D eigenvalue weighted by atomic mass is 32.2. The zero-order valence-corrected chi connectivity index (χ0v) is 13.2. The molecule has 0 aliphatic carbocycles. The number of aromatic nitrogens is 1. The van der Waals surface area contributed by atoms with Gasteiger partial charge < -0.3 is 5.32 Å². The zero-order valence-electron chi connectivity index (χ0n) is 12.4. The fourth-order valence-corrected chi connectivity index (χ4v) is 4.27. The van der Waals surface area contributed by atoms with Crippen LogP contribution in [0.15, 0.2) is 18.3 Å². The Morgan fingerprint density at radius 2 is 2.29 bits per heavy atom. The predicted molar refractivity (Wildman–Crippen MR) is 81.4 cm³/mol. The molecule has 1 amide bonds. The number of pyridine rings is 1. The topological polar surface area (TPSA) is 79.4 Å². The molecule has 116 valence electrons. The van der Waals surface area contributed by atoms with Gasteiger partial charge in [-0.25, -0.2) is 13.4 Å². The molecule has 0 spiro atoms. The zero-order chi connectivity index (χ0) is 15.5. The molecule has 0 aromatic carbocycles. The second-order valence-electron chi connectivity index (χ2n) is 5.29. The number of rotatable bonds is 5. The van der Waals surface area contributed by atoms with Crippen LogP contribution in [0.5, 0.6) is 0 Å². The lowest BCUT2D eigenvalue weighted by molar-refractivity contribution is -0.119.